The number of ether oxygens (including phenoxy) is 1. The van der Waals surface area contributed by atoms with Crippen LogP contribution in [0.1, 0.15) is 34.8 Å². The highest BCUT2D eigenvalue weighted by molar-refractivity contribution is 6.07. The first-order valence-corrected chi connectivity index (χ1v) is 10.2. The van der Waals surface area contributed by atoms with Crippen LogP contribution in [0.2, 0.25) is 0 Å². The molecule has 1 fully saturated rings. The number of likely N-dealkylation sites (N-methyl/N-ethyl adjacent to an activating group) is 1. The third kappa shape index (κ3) is 4.13. The van der Waals surface area contributed by atoms with Crippen LogP contribution in [0.3, 0.4) is 0 Å². The van der Waals surface area contributed by atoms with Gasteiger partial charge in [-0.2, -0.15) is 0 Å². The van der Waals surface area contributed by atoms with Crippen LogP contribution in [0, 0.1) is 6.92 Å². The zero-order valence-corrected chi connectivity index (χ0v) is 17.6. The number of benzene rings is 2. The number of anilines is 1. The molecule has 2 aromatic rings. The van der Waals surface area contributed by atoms with Gasteiger partial charge in [-0.3, -0.25) is 9.69 Å². The minimum atomic E-state index is -0.572. The molecular weight excluding hydrogens is 348 g/mol. The second-order valence-electron chi connectivity index (χ2n) is 7.89. The van der Waals surface area contributed by atoms with Crippen LogP contribution >= 0.6 is 0 Å². The molecule has 150 valence electrons. The SMILES string of the molecule is CCC(Cc1ccc(C)cc1)(C(=O)c1ccccc1N1CCOCC1)N(C)C. The lowest BCUT2D eigenvalue weighted by atomic mass is 9.79. The highest BCUT2D eigenvalue weighted by Crippen LogP contribution is 2.32. The van der Waals surface area contributed by atoms with Crippen molar-refractivity contribution in [1.82, 2.24) is 4.90 Å². The van der Waals surface area contributed by atoms with Crippen molar-refractivity contribution in [2.45, 2.75) is 32.2 Å². The van der Waals surface area contributed by atoms with Crippen LogP contribution in [0.5, 0.6) is 0 Å². The van der Waals surface area contributed by atoms with Crippen LogP contribution in [0.25, 0.3) is 0 Å². The van der Waals surface area contributed by atoms with E-state index >= 15 is 0 Å². The third-order valence-electron chi connectivity index (χ3n) is 5.98. The fourth-order valence-electron chi connectivity index (χ4n) is 4.08. The van der Waals surface area contributed by atoms with E-state index in [-0.39, 0.29) is 5.78 Å². The van der Waals surface area contributed by atoms with Crippen molar-refractivity contribution in [2.24, 2.45) is 0 Å². The van der Waals surface area contributed by atoms with Gasteiger partial charge in [-0.05, 0) is 51.6 Å². The Morgan fingerprint density at radius 2 is 1.71 bits per heavy atom. The van der Waals surface area contributed by atoms with Gasteiger partial charge in [0.2, 0.25) is 0 Å². The maximum atomic E-state index is 14.0. The van der Waals surface area contributed by atoms with Gasteiger partial charge in [0.25, 0.3) is 0 Å². The number of para-hydroxylation sites is 1. The van der Waals surface area contributed by atoms with Crippen LogP contribution in [0.15, 0.2) is 48.5 Å². The molecule has 2 aromatic carbocycles. The van der Waals surface area contributed by atoms with Crippen molar-refractivity contribution in [2.75, 3.05) is 45.3 Å². The molecule has 3 rings (SSSR count). The zero-order valence-electron chi connectivity index (χ0n) is 17.6. The molecule has 1 heterocycles. The summed E-state index contributed by atoms with van der Waals surface area (Å²) >= 11 is 0. The van der Waals surface area contributed by atoms with E-state index in [4.69, 9.17) is 4.74 Å². The standard InChI is InChI=1S/C24H32N2O2/c1-5-24(25(3)4,18-20-12-10-19(2)11-13-20)23(27)21-8-6-7-9-22(21)26-14-16-28-17-15-26/h6-13H,5,14-18H2,1-4H3. The highest BCUT2D eigenvalue weighted by atomic mass is 16.5. The number of nitrogens with zero attached hydrogens (tertiary/aromatic N) is 2. The Kier molecular flexibility index (Phi) is 6.53. The first-order valence-electron chi connectivity index (χ1n) is 10.2. The Bertz CT molecular complexity index is 795. The van der Waals surface area contributed by atoms with Crippen LogP contribution in [-0.2, 0) is 11.2 Å². The van der Waals surface area contributed by atoms with Crippen molar-refractivity contribution in [3.05, 3.63) is 65.2 Å². The van der Waals surface area contributed by atoms with Crippen LogP contribution in [-0.4, -0.2) is 56.6 Å². The second-order valence-corrected chi connectivity index (χ2v) is 7.89. The number of carbonyl (C=O) groups excluding carboxylic acids is 1. The molecular formula is C24H32N2O2. The van der Waals surface area contributed by atoms with E-state index in [0.717, 1.165) is 30.8 Å². The molecule has 1 saturated heterocycles. The molecule has 1 atom stereocenters. The van der Waals surface area contributed by atoms with Crippen molar-refractivity contribution in [1.29, 1.82) is 0 Å². The molecule has 4 heteroatoms. The number of morpholine rings is 1. The number of carbonyl (C=O) groups is 1. The Balaban J connectivity index is 1.99. The second kappa shape index (κ2) is 8.89. The minimum Gasteiger partial charge on any atom is -0.378 e. The molecule has 0 N–H and O–H groups in total. The van der Waals surface area contributed by atoms with Gasteiger partial charge in [-0.15, -0.1) is 0 Å². The summed E-state index contributed by atoms with van der Waals surface area (Å²) in [4.78, 5) is 18.4. The first-order chi connectivity index (χ1) is 13.5. The number of rotatable bonds is 7. The van der Waals surface area contributed by atoms with Gasteiger partial charge in [0.1, 0.15) is 0 Å². The number of hydrogen-bond acceptors (Lipinski definition) is 4. The molecule has 1 unspecified atom stereocenters. The van der Waals surface area contributed by atoms with E-state index in [0.29, 0.717) is 19.6 Å². The van der Waals surface area contributed by atoms with Gasteiger partial charge in [0.05, 0.1) is 18.8 Å². The molecule has 0 amide bonds. The van der Waals surface area contributed by atoms with E-state index < -0.39 is 5.54 Å². The zero-order chi connectivity index (χ0) is 20.1. The Morgan fingerprint density at radius 3 is 2.32 bits per heavy atom. The summed E-state index contributed by atoms with van der Waals surface area (Å²) in [5.41, 5.74) is 3.70. The number of aryl methyl sites for hydroxylation is 1. The molecule has 1 aliphatic rings. The van der Waals surface area contributed by atoms with Crippen molar-refractivity contribution in [3.63, 3.8) is 0 Å². The summed E-state index contributed by atoms with van der Waals surface area (Å²) in [6.45, 7) is 7.26. The van der Waals surface area contributed by atoms with Crippen molar-refractivity contribution >= 4 is 11.5 Å². The Hall–Kier alpha value is -2.17. The lowest BCUT2D eigenvalue weighted by Crippen LogP contribution is -2.53. The summed E-state index contributed by atoms with van der Waals surface area (Å²) < 4.78 is 5.50. The van der Waals surface area contributed by atoms with E-state index in [1.165, 1.54) is 11.1 Å². The third-order valence-corrected chi connectivity index (χ3v) is 5.98. The van der Waals surface area contributed by atoms with E-state index in [9.17, 15) is 4.79 Å². The van der Waals surface area contributed by atoms with Gasteiger partial charge >= 0.3 is 0 Å². The predicted molar refractivity (Wildman–Crippen MR) is 115 cm³/mol. The maximum absolute atomic E-state index is 14.0. The number of ketones is 1. The topological polar surface area (TPSA) is 32.8 Å². The van der Waals surface area contributed by atoms with Gasteiger partial charge in [0, 0.05) is 24.3 Å². The summed E-state index contributed by atoms with van der Waals surface area (Å²) in [5.74, 6) is 0.197. The number of Topliss-reactive ketones (excluding diaryl/α,β-unsaturated/α-hetero) is 1. The summed E-state index contributed by atoms with van der Waals surface area (Å²) in [6.07, 6.45) is 1.46. The van der Waals surface area contributed by atoms with Crippen molar-refractivity contribution < 1.29 is 9.53 Å². The van der Waals surface area contributed by atoms with Gasteiger partial charge < -0.3 is 9.64 Å². The lowest BCUT2D eigenvalue weighted by Gasteiger charge is -2.39. The van der Waals surface area contributed by atoms with Gasteiger partial charge in [-0.25, -0.2) is 0 Å². The fraction of sp³-hybridized carbons (Fsp3) is 0.458. The quantitative estimate of drug-likeness (QED) is 0.681. The summed E-state index contributed by atoms with van der Waals surface area (Å²) in [6, 6.07) is 16.6. The monoisotopic (exact) mass is 380 g/mol. The van der Waals surface area contributed by atoms with Gasteiger partial charge in [0.15, 0.2) is 5.78 Å². The molecule has 0 saturated carbocycles. The maximum Gasteiger partial charge on any atom is 0.185 e. The van der Waals surface area contributed by atoms with E-state index in [1.807, 2.05) is 32.3 Å². The Morgan fingerprint density at radius 1 is 1.07 bits per heavy atom. The van der Waals surface area contributed by atoms with Crippen molar-refractivity contribution in [3.8, 4) is 0 Å². The molecule has 0 aromatic heterocycles. The fourth-order valence-corrected chi connectivity index (χ4v) is 4.08. The predicted octanol–water partition coefficient (Wildman–Crippen LogP) is 3.97. The number of hydrogen-bond donors (Lipinski definition) is 0. The average molecular weight is 381 g/mol. The van der Waals surface area contributed by atoms with Crippen LogP contribution in [0.4, 0.5) is 5.69 Å². The molecule has 0 bridgehead atoms. The normalized spacial score (nSPS) is 16.8. The molecule has 0 aliphatic carbocycles. The average Bonchev–Trinajstić information content (AvgIpc) is 2.73. The van der Waals surface area contributed by atoms with Gasteiger partial charge in [-0.1, -0.05) is 48.9 Å². The molecule has 0 spiro atoms. The van der Waals surface area contributed by atoms with E-state index in [1.54, 1.807) is 0 Å². The summed E-state index contributed by atoms with van der Waals surface area (Å²) in [7, 11) is 4.04. The highest BCUT2D eigenvalue weighted by Gasteiger charge is 2.40. The smallest absolute Gasteiger partial charge is 0.185 e. The largest absolute Gasteiger partial charge is 0.378 e. The minimum absolute atomic E-state index is 0.197. The first kappa shape index (κ1) is 20.6. The lowest BCUT2D eigenvalue weighted by molar-refractivity contribution is 0.0666. The molecule has 28 heavy (non-hydrogen) atoms. The molecule has 1 aliphatic heterocycles. The molecule has 4 nitrogen and oxygen atoms in total. The summed E-state index contributed by atoms with van der Waals surface area (Å²) in [5, 5.41) is 0. The van der Waals surface area contributed by atoms with E-state index in [2.05, 4.69) is 54.0 Å². The Labute approximate surface area is 169 Å². The molecule has 0 radical (unpaired) electrons. The van der Waals surface area contributed by atoms with Crippen LogP contribution < -0.4 is 4.90 Å².